The Morgan fingerprint density at radius 2 is 1.71 bits per heavy atom. The average molecular weight is 422 g/mol. The summed E-state index contributed by atoms with van der Waals surface area (Å²) in [5.74, 6) is -3.13. The average Bonchev–Trinajstić information content (AvgIpc) is 2.71. The Bertz CT molecular complexity index is 661. The third-order valence-corrected chi connectivity index (χ3v) is 4.57. The van der Waals surface area contributed by atoms with Crippen molar-refractivity contribution in [3.63, 3.8) is 0 Å². The lowest BCUT2D eigenvalue weighted by molar-refractivity contribution is -0.128. The van der Waals surface area contributed by atoms with Crippen LogP contribution in [0.3, 0.4) is 0 Å². The summed E-state index contributed by atoms with van der Waals surface area (Å²) in [6, 6.07) is 4.92. The number of hydrogen-bond acceptors (Lipinski definition) is 5. The first-order chi connectivity index (χ1) is 12.8. The Labute approximate surface area is 168 Å². The minimum Gasteiger partial charge on any atom is -0.497 e. The number of rotatable bonds is 7. The van der Waals surface area contributed by atoms with E-state index in [-0.39, 0.29) is 18.3 Å². The number of likely N-dealkylation sites (tertiary alicyclic amines) is 1. The number of nitrogens with two attached hydrogens (primary N) is 1. The van der Waals surface area contributed by atoms with E-state index < -0.39 is 30.8 Å². The van der Waals surface area contributed by atoms with Crippen LogP contribution >= 0.6 is 12.4 Å². The molecule has 0 spiro atoms. The van der Waals surface area contributed by atoms with E-state index in [2.05, 4.69) is 5.32 Å². The number of ether oxygens (including phenoxy) is 2. The van der Waals surface area contributed by atoms with E-state index in [1.807, 2.05) is 0 Å². The predicted molar refractivity (Wildman–Crippen MR) is 102 cm³/mol. The van der Waals surface area contributed by atoms with Gasteiger partial charge in [-0.05, 0) is 25.0 Å². The molecule has 3 N–H and O–H groups in total. The molecule has 0 bridgehead atoms. The van der Waals surface area contributed by atoms with Crippen LogP contribution in [0.2, 0.25) is 0 Å². The largest absolute Gasteiger partial charge is 0.497 e. The van der Waals surface area contributed by atoms with Crippen LogP contribution in [0.4, 0.5) is 8.78 Å². The molecular formula is C18H26ClF2N3O4. The molecule has 2 rings (SSSR count). The van der Waals surface area contributed by atoms with Gasteiger partial charge in [0, 0.05) is 30.6 Å². The highest BCUT2D eigenvalue weighted by molar-refractivity contribution is 5.95. The summed E-state index contributed by atoms with van der Waals surface area (Å²) in [5.41, 5.74) is 5.38. The van der Waals surface area contributed by atoms with Gasteiger partial charge < -0.3 is 25.4 Å². The quantitative estimate of drug-likeness (QED) is 0.698. The van der Waals surface area contributed by atoms with Crippen LogP contribution in [0.1, 0.15) is 23.2 Å². The molecule has 1 aliphatic heterocycles. The summed E-state index contributed by atoms with van der Waals surface area (Å²) in [5, 5.41) is 2.24. The molecule has 0 unspecified atom stereocenters. The first-order valence-corrected chi connectivity index (χ1v) is 8.67. The zero-order chi connectivity index (χ0) is 20.0. The zero-order valence-corrected chi connectivity index (χ0v) is 16.7. The van der Waals surface area contributed by atoms with E-state index in [1.54, 1.807) is 23.1 Å². The minimum atomic E-state index is -3.11. The summed E-state index contributed by atoms with van der Waals surface area (Å²) in [4.78, 5) is 26.4. The smallest absolute Gasteiger partial charge is 0.277 e. The number of nitrogens with one attached hydrogen (secondary N) is 1. The van der Waals surface area contributed by atoms with Gasteiger partial charge >= 0.3 is 0 Å². The SMILES string of the molecule is COc1cc(OC)cc(C(=O)N2CCC(C(=O)NCC(F)(F)CN)CC2)c1.Cl. The molecule has 10 heteroatoms. The molecule has 0 atom stereocenters. The standard InChI is InChI=1S/C18H25F2N3O4.ClH/c1-26-14-7-13(8-15(9-14)27-2)17(25)23-5-3-12(4-6-23)16(24)22-11-18(19,20)10-21;/h7-9,12H,3-6,10-11,21H2,1-2H3,(H,22,24);1H. The van der Waals surface area contributed by atoms with Crippen molar-refractivity contribution < 1.29 is 27.8 Å². The van der Waals surface area contributed by atoms with E-state index in [0.717, 1.165) is 0 Å². The van der Waals surface area contributed by atoms with Crippen molar-refractivity contribution in [1.82, 2.24) is 10.2 Å². The molecule has 1 aliphatic rings. The van der Waals surface area contributed by atoms with Crippen molar-refractivity contribution >= 4 is 24.2 Å². The molecule has 28 heavy (non-hydrogen) atoms. The van der Waals surface area contributed by atoms with Crippen LogP contribution in [-0.2, 0) is 4.79 Å². The fraction of sp³-hybridized carbons (Fsp3) is 0.556. The molecule has 0 radical (unpaired) electrons. The number of nitrogens with zero attached hydrogens (tertiary/aromatic N) is 1. The van der Waals surface area contributed by atoms with Crippen LogP contribution in [0.5, 0.6) is 11.5 Å². The second-order valence-corrected chi connectivity index (χ2v) is 6.45. The number of methoxy groups -OCH3 is 2. The van der Waals surface area contributed by atoms with Crippen LogP contribution in [0.15, 0.2) is 18.2 Å². The van der Waals surface area contributed by atoms with Gasteiger partial charge in [-0.2, -0.15) is 0 Å². The van der Waals surface area contributed by atoms with Gasteiger partial charge in [0.2, 0.25) is 5.91 Å². The molecule has 158 valence electrons. The molecule has 0 saturated carbocycles. The fourth-order valence-electron chi connectivity index (χ4n) is 2.89. The second-order valence-electron chi connectivity index (χ2n) is 6.45. The number of benzene rings is 1. The van der Waals surface area contributed by atoms with E-state index in [4.69, 9.17) is 15.2 Å². The van der Waals surface area contributed by atoms with Crippen LogP contribution in [0, 0.1) is 5.92 Å². The van der Waals surface area contributed by atoms with Gasteiger partial charge in [0.1, 0.15) is 11.5 Å². The maximum absolute atomic E-state index is 13.1. The van der Waals surface area contributed by atoms with E-state index in [1.165, 1.54) is 14.2 Å². The number of halogens is 3. The van der Waals surface area contributed by atoms with Gasteiger partial charge in [0.15, 0.2) is 0 Å². The molecule has 1 aromatic carbocycles. The number of hydrogen-bond donors (Lipinski definition) is 2. The second kappa shape index (κ2) is 10.4. The molecule has 0 aliphatic carbocycles. The lowest BCUT2D eigenvalue weighted by atomic mass is 9.95. The number of amides is 2. The number of carbonyl (C=O) groups excluding carboxylic acids is 2. The predicted octanol–water partition coefficient (Wildman–Crippen LogP) is 1.69. The topological polar surface area (TPSA) is 93.9 Å². The number of piperidine rings is 1. The highest BCUT2D eigenvalue weighted by Crippen LogP contribution is 2.25. The van der Waals surface area contributed by atoms with Crippen molar-refractivity contribution in [2.24, 2.45) is 11.7 Å². The summed E-state index contributed by atoms with van der Waals surface area (Å²) >= 11 is 0. The lowest BCUT2D eigenvalue weighted by Crippen LogP contribution is -2.46. The Morgan fingerprint density at radius 3 is 2.18 bits per heavy atom. The van der Waals surface area contributed by atoms with Gasteiger partial charge in [-0.25, -0.2) is 8.78 Å². The molecule has 1 fully saturated rings. The van der Waals surface area contributed by atoms with Gasteiger partial charge in [-0.1, -0.05) is 0 Å². The van der Waals surface area contributed by atoms with E-state index in [0.29, 0.717) is 43.0 Å². The van der Waals surface area contributed by atoms with Gasteiger partial charge in [0.05, 0.1) is 27.3 Å². The first kappa shape index (κ1) is 23.9. The first-order valence-electron chi connectivity index (χ1n) is 8.67. The normalized spacial score (nSPS) is 14.8. The minimum absolute atomic E-state index is 0. The highest BCUT2D eigenvalue weighted by atomic mass is 35.5. The highest BCUT2D eigenvalue weighted by Gasteiger charge is 2.31. The molecular weight excluding hydrogens is 396 g/mol. The Hall–Kier alpha value is -2.13. The zero-order valence-electron chi connectivity index (χ0n) is 15.9. The summed E-state index contributed by atoms with van der Waals surface area (Å²) < 4.78 is 36.6. The summed E-state index contributed by atoms with van der Waals surface area (Å²) in [7, 11) is 3.00. The van der Waals surface area contributed by atoms with Crippen LogP contribution < -0.4 is 20.5 Å². The Morgan fingerprint density at radius 1 is 1.18 bits per heavy atom. The van der Waals surface area contributed by atoms with Crippen molar-refractivity contribution in [1.29, 1.82) is 0 Å². The van der Waals surface area contributed by atoms with Crippen molar-refractivity contribution in [2.75, 3.05) is 40.4 Å². The maximum atomic E-state index is 13.1. The van der Waals surface area contributed by atoms with Crippen molar-refractivity contribution in [2.45, 2.75) is 18.8 Å². The molecule has 1 heterocycles. The van der Waals surface area contributed by atoms with Crippen LogP contribution in [0.25, 0.3) is 0 Å². The van der Waals surface area contributed by atoms with E-state index >= 15 is 0 Å². The molecule has 1 aromatic rings. The lowest BCUT2D eigenvalue weighted by Gasteiger charge is -2.31. The Balaban J connectivity index is 0.00000392. The van der Waals surface area contributed by atoms with Gasteiger partial charge in [-0.15, -0.1) is 12.4 Å². The maximum Gasteiger partial charge on any atom is 0.277 e. The third kappa shape index (κ3) is 6.20. The number of carbonyl (C=O) groups is 2. The van der Waals surface area contributed by atoms with Crippen molar-refractivity contribution in [3.05, 3.63) is 23.8 Å². The van der Waals surface area contributed by atoms with Gasteiger partial charge in [-0.3, -0.25) is 9.59 Å². The molecule has 2 amide bonds. The molecule has 1 saturated heterocycles. The summed E-state index contributed by atoms with van der Waals surface area (Å²) in [6.45, 7) is -0.858. The molecule has 0 aromatic heterocycles. The number of alkyl halides is 2. The monoisotopic (exact) mass is 421 g/mol. The third-order valence-electron chi connectivity index (χ3n) is 4.57. The fourth-order valence-corrected chi connectivity index (χ4v) is 2.89. The molecule has 7 nitrogen and oxygen atoms in total. The van der Waals surface area contributed by atoms with Crippen LogP contribution in [-0.4, -0.2) is 63.0 Å². The van der Waals surface area contributed by atoms with Crippen molar-refractivity contribution in [3.8, 4) is 11.5 Å². The van der Waals surface area contributed by atoms with Gasteiger partial charge in [0.25, 0.3) is 11.8 Å². The van der Waals surface area contributed by atoms with E-state index in [9.17, 15) is 18.4 Å². The summed E-state index contributed by atoms with van der Waals surface area (Å²) in [6.07, 6.45) is 0.819. The Kier molecular flexibility index (Phi) is 8.90.